The number of nitrogens with zero attached hydrogens (tertiary/aromatic N) is 3. The number of rotatable bonds is 7. The van der Waals surface area contributed by atoms with E-state index in [0.717, 1.165) is 74.1 Å². The molecule has 10 nitrogen and oxygen atoms in total. The molecule has 46 heavy (non-hydrogen) atoms. The fraction of sp³-hybridized carbons (Fsp3) is 0.417. The van der Waals surface area contributed by atoms with E-state index in [1.807, 2.05) is 39.0 Å². The maximum atomic E-state index is 12.3. The summed E-state index contributed by atoms with van der Waals surface area (Å²) in [5.74, 6) is -0.602. The molecule has 1 aliphatic carbocycles. The van der Waals surface area contributed by atoms with E-state index in [1.54, 1.807) is 0 Å². The van der Waals surface area contributed by atoms with Crippen LogP contribution < -0.4 is 5.32 Å². The summed E-state index contributed by atoms with van der Waals surface area (Å²) in [5.41, 5.74) is 12.1. The van der Waals surface area contributed by atoms with E-state index < -0.39 is 18.7 Å². The molecule has 0 aromatic carbocycles. The quantitative estimate of drug-likeness (QED) is 0.316. The molecule has 6 aliphatic rings. The van der Waals surface area contributed by atoms with Crippen LogP contribution in [0.25, 0.3) is 0 Å². The highest BCUT2D eigenvalue weighted by molar-refractivity contribution is 6.21. The van der Waals surface area contributed by atoms with Crippen LogP contribution in [0.15, 0.2) is 106 Å². The third-order valence-corrected chi connectivity index (χ3v) is 9.78. The van der Waals surface area contributed by atoms with Gasteiger partial charge >= 0.3 is 11.9 Å². The fourth-order valence-electron chi connectivity index (χ4n) is 7.29. The van der Waals surface area contributed by atoms with Gasteiger partial charge in [-0.3, -0.25) is 9.59 Å². The highest BCUT2D eigenvalue weighted by Gasteiger charge is 2.41. The highest BCUT2D eigenvalue weighted by Crippen LogP contribution is 2.46. The van der Waals surface area contributed by atoms with Crippen molar-refractivity contribution in [1.82, 2.24) is 5.32 Å². The van der Waals surface area contributed by atoms with Gasteiger partial charge in [-0.05, 0) is 74.1 Å². The Kier molecular flexibility index (Phi) is 8.18. The number of carbonyl (C=O) groups excluding carboxylic acids is 2. The minimum Gasteiger partial charge on any atom is -0.511 e. The van der Waals surface area contributed by atoms with Gasteiger partial charge in [-0.15, -0.1) is 0 Å². The first kappa shape index (κ1) is 31.4. The SMILES string of the molecule is CCC1=C(C)C2=NC1=CC1=C(C)C3=C(O)CC(=C4NC(=CC5=NC(=C2)C(C(CO)OC(C)=O)=C5C)[C@@H](C)[C@@H]4CCC(=O)OC)C3=N1. The minimum absolute atomic E-state index is 0.0292. The summed E-state index contributed by atoms with van der Waals surface area (Å²) in [6.45, 7) is 11.0. The molecule has 5 heterocycles. The zero-order valence-electron chi connectivity index (χ0n) is 27.4. The van der Waals surface area contributed by atoms with Crippen molar-refractivity contribution in [2.45, 2.75) is 73.3 Å². The first-order chi connectivity index (χ1) is 22.0. The lowest BCUT2D eigenvalue weighted by molar-refractivity contribution is -0.146. The molecule has 0 spiro atoms. The van der Waals surface area contributed by atoms with E-state index >= 15 is 0 Å². The topological polar surface area (TPSA) is 142 Å². The van der Waals surface area contributed by atoms with Crippen molar-refractivity contribution in [3.8, 4) is 0 Å². The molecule has 1 fully saturated rings. The molecule has 0 amide bonds. The molecule has 8 bridgehead atoms. The number of hydrogen-bond donors (Lipinski definition) is 3. The van der Waals surface area contributed by atoms with Crippen molar-refractivity contribution in [3.05, 3.63) is 91.5 Å². The molecule has 240 valence electrons. The normalized spacial score (nSPS) is 24.2. The molecule has 5 aliphatic heterocycles. The Morgan fingerprint density at radius 1 is 1.04 bits per heavy atom. The second-order valence-corrected chi connectivity index (χ2v) is 12.4. The van der Waals surface area contributed by atoms with Gasteiger partial charge in [0.15, 0.2) is 6.10 Å². The van der Waals surface area contributed by atoms with E-state index in [1.165, 1.54) is 14.0 Å². The van der Waals surface area contributed by atoms with Crippen molar-refractivity contribution in [1.29, 1.82) is 0 Å². The van der Waals surface area contributed by atoms with Crippen molar-refractivity contribution in [3.63, 3.8) is 0 Å². The molecule has 10 heteroatoms. The zero-order chi connectivity index (χ0) is 33.0. The van der Waals surface area contributed by atoms with Crippen LogP contribution >= 0.6 is 0 Å². The Morgan fingerprint density at radius 3 is 2.43 bits per heavy atom. The Bertz CT molecular complexity index is 1820. The lowest BCUT2D eigenvalue weighted by Crippen LogP contribution is -2.24. The van der Waals surface area contributed by atoms with E-state index in [0.29, 0.717) is 29.8 Å². The van der Waals surface area contributed by atoms with Gasteiger partial charge in [-0.2, -0.15) is 0 Å². The van der Waals surface area contributed by atoms with E-state index in [4.69, 9.17) is 24.5 Å². The lowest BCUT2D eigenvalue weighted by Gasteiger charge is -2.18. The van der Waals surface area contributed by atoms with Crippen molar-refractivity contribution in [2.75, 3.05) is 13.7 Å². The molecule has 3 atom stereocenters. The van der Waals surface area contributed by atoms with Gasteiger partial charge in [0.05, 0.1) is 47.9 Å². The molecular weight excluding hydrogens is 584 g/mol. The van der Waals surface area contributed by atoms with Gasteiger partial charge in [0.1, 0.15) is 5.76 Å². The smallest absolute Gasteiger partial charge is 0.305 e. The molecule has 0 radical (unpaired) electrons. The summed E-state index contributed by atoms with van der Waals surface area (Å²) in [7, 11) is 1.39. The Hall–Kier alpha value is -4.57. The molecular formula is C36H40N4O6. The number of methoxy groups -OCH3 is 1. The van der Waals surface area contributed by atoms with E-state index in [2.05, 4.69) is 19.2 Å². The minimum atomic E-state index is -0.901. The summed E-state index contributed by atoms with van der Waals surface area (Å²) < 4.78 is 10.5. The van der Waals surface area contributed by atoms with Gasteiger partial charge in [-0.25, -0.2) is 15.0 Å². The van der Waals surface area contributed by atoms with Crippen LogP contribution in [0.4, 0.5) is 0 Å². The average molecular weight is 625 g/mol. The third kappa shape index (κ3) is 5.14. The molecule has 0 saturated carbocycles. The van der Waals surface area contributed by atoms with Crippen LogP contribution in [-0.2, 0) is 19.1 Å². The van der Waals surface area contributed by atoms with Crippen LogP contribution in [0.1, 0.15) is 67.2 Å². The molecule has 6 rings (SSSR count). The second-order valence-electron chi connectivity index (χ2n) is 12.4. The van der Waals surface area contributed by atoms with Crippen LogP contribution in [0, 0.1) is 11.8 Å². The summed E-state index contributed by atoms with van der Waals surface area (Å²) in [6.07, 6.45) is 6.84. The average Bonchev–Trinajstić information content (AvgIpc) is 3.77. The third-order valence-electron chi connectivity index (χ3n) is 9.78. The summed E-state index contributed by atoms with van der Waals surface area (Å²) in [6, 6.07) is 0. The van der Waals surface area contributed by atoms with Crippen LogP contribution in [0.2, 0.25) is 0 Å². The molecule has 1 unspecified atom stereocenters. The van der Waals surface area contributed by atoms with Gasteiger partial charge in [0.25, 0.3) is 0 Å². The largest absolute Gasteiger partial charge is 0.511 e. The number of nitrogens with one attached hydrogen (secondary N) is 1. The maximum absolute atomic E-state index is 12.3. The van der Waals surface area contributed by atoms with Crippen molar-refractivity contribution in [2.24, 2.45) is 26.8 Å². The van der Waals surface area contributed by atoms with Gasteiger partial charge in [0, 0.05) is 59.7 Å². The van der Waals surface area contributed by atoms with Crippen LogP contribution in [0.5, 0.6) is 0 Å². The standard InChI is InChI=1S/C36H40N4O6/c1-8-21-16(2)24-14-29-33(31(15-41)46-20(6)42)18(4)26(38-29)12-25-17(3)22(9-10-32(44)45-7)35(39-25)23-11-30(43)34-19(5)27(40-36(23)34)13-28(21)37-24/h12-14,17,22,31,39,41,43H,8-11,15H2,1-7H3/t17-,22-,31?/m0/s1. The Labute approximate surface area is 268 Å². The van der Waals surface area contributed by atoms with E-state index in [-0.39, 0.29) is 30.0 Å². The maximum Gasteiger partial charge on any atom is 0.305 e. The lowest BCUT2D eigenvalue weighted by atomic mass is 9.86. The Morgan fingerprint density at radius 2 is 1.76 bits per heavy atom. The van der Waals surface area contributed by atoms with Crippen LogP contribution in [0.3, 0.4) is 0 Å². The molecule has 3 N–H and O–H groups in total. The van der Waals surface area contributed by atoms with Crippen LogP contribution in [-0.4, -0.2) is 59.1 Å². The number of hydrogen-bond acceptors (Lipinski definition) is 10. The van der Waals surface area contributed by atoms with Crippen molar-refractivity contribution >= 4 is 29.1 Å². The predicted molar refractivity (Wildman–Crippen MR) is 176 cm³/mol. The number of carbonyl (C=O) groups is 2. The molecule has 1 saturated heterocycles. The predicted octanol–water partition coefficient (Wildman–Crippen LogP) is 5.54. The molecule has 0 aromatic rings. The monoisotopic (exact) mass is 624 g/mol. The summed E-state index contributed by atoms with van der Waals surface area (Å²) in [5, 5.41) is 25.2. The van der Waals surface area contributed by atoms with Gasteiger partial charge in [-0.1, -0.05) is 13.8 Å². The summed E-state index contributed by atoms with van der Waals surface area (Å²) >= 11 is 0. The number of fused-ring (bicyclic) bond motifs is 5. The second kappa shape index (κ2) is 12.0. The first-order valence-electron chi connectivity index (χ1n) is 15.8. The van der Waals surface area contributed by atoms with Gasteiger partial charge < -0.3 is 25.0 Å². The number of allylic oxidation sites excluding steroid dienone is 11. The zero-order valence-corrected chi connectivity index (χ0v) is 27.4. The number of esters is 2. The Balaban J connectivity index is 1.60. The number of ether oxygens (including phenoxy) is 2. The van der Waals surface area contributed by atoms with E-state index in [9.17, 15) is 19.8 Å². The fourth-order valence-corrected chi connectivity index (χ4v) is 7.29. The first-order valence-corrected chi connectivity index (χ1v) is 15.8. The summed E-state index contributed by atoms with van der Waals surface area (Å²) in [4.78, 5) is 39.4. The number of aliphatic hydroxyl groups excluding tert-OH is 2. The molecule has 0 aromatic heterocycles. The van der Waals surface area contributed by atoms with Crippen molar-refractivity contribution < 1.29 is 29.3 Å². The van der Waals surface area contributed by atoms with Gasteiger partial charge in [0.2, 0.25) is 0 Å². The number of aliphatic hydroxyl groups is 2. The highest BCUT2D eigenvalue weighted by atomic mass is 16.6. The number of aliphatic imine (C=N–C) groups is 3.